The molecule has 2 rings (SSSR count). The molecule has 3 nitrogen and oxygen atoms in total. The molecule has 1 amide bonds. The summed E-state index contributed by atoms with van der Waals surface area (Å²) in [5.41, 5.74) is 1.63. The number of carbonyl (C=O) groups is 1. The number of rotatable bonds is 0. The lowest BCUT2D eigenvalue weighted by Gasteiger charge is -2.13. The summed E-state index contributed by atoms with van der Waals surface area (Å²) in [6.07, 6.45) is 0. The molecule has 0 aliphatic carbocycles. The molecule has 0 unspecified atom stereocenters. The number of benzene rings is 1. The van der Waals surface area contributed by atoms with Crippen molar-refractivity contribution in [2.45, 2.75) is 6.54 Å². The average molecular weight is 320 g/mol. The highest BCUT2D eigenvalue weighted by Crippen LogP contribution is 2.28. The lowest BCUT2D eigenvalue weighted by atomic mass is 10.1. The predicted octanol–water partition coefficient (Wildman–Crippen LogP) is 1.95. The number of anilines is 1. The normalized spacial score (nSPS) is 17.5. The third kappa shape index (κ3) is 2.12. The first-order chi connectivity index (χ1) is 7.08. The van der Waals surface area contributed by atoms with Crippen LogP contribution in [0.1, 0.15) is 5.56 Å². The van der Waals surface area contributed by atoms with Crippen molar-refractivity contribution in [1.82, 2.24) is 4.90 Å². The molecule has 5 heteroatoms. The summed E-state index contributed by atoms with van der Waals surface area (Å²) in [5, 5.41) is 0. The molecule has 0 atom stereocenters. The second kappa shape index (κ2) is 4.05. The second-order valence-corrected chi connectivity index (χ2v) is 4.58. The summed E-state index contributed by atoms with van der Waals surface area (Å²) in [6, 6.07) is 4.51. The Bertz CT molecular complexity index is 410. The van der Waals surface area contributed by atoms with E-state index in [0.29, 0.717) is 13.1 Å². The van der Waals surface area contributed by atoms with Crippen LogP contribution < -0.4 is 3.11 Å². The second-order valence-electron chi connectivity index (χ2n) is 3.62. The van der Waals surface area contributed by atoms with Crippen molar-refractivity contribution < 1.29 is 9.18 Å². The van der Waals surface area contributed by atoms with Gasteiger partial charge in [-0.2, -0.15) is 0 Å². The van der Waals surface area contributed by atoms with Crippen molar-refractivity contribution >= 4 is 34.5 Å². The fourth-order valence-corrected chi connectivity index (χ4v) is 2.27. The number of likely N-dealkylation sites (N-methyl/N-ethyl adjacent to an activating group) is 1. The Morgan fingerprint density at radius 3 is 2.87 bits per heavy atom. The number of nitrogens with zero attached hydrogens (tertiary/aromatic N) is 2. The van der Waals surface area contributed by atoms with Crippen LogP contribution in [0.15, 0.2) is 18.2 Å². The van der Waals surface area contributed by atoms with Gasteiger partial charge in [0.1, 0.15) is 5.82 Å². The van der Waals surface area contributed by atoms with E-state index in [1.165, 1.54) is 12.1 Å². The summed E-state index contributed by atoms with van der Waals surface area (Å²) in [4.78, 5) is 13.5. The maximum Gasteiger partial charge on any atom is 0.250 e. The molecule has 0 spiro atoms. The van der Waals surface area contributed by atoms with Crippen LogP contribution in [-0.4, -0.2) is 24.4 Å². The van der Waals surface area contributed by atoms with Gasteiger partial charge in [-0.05, 0) is 30.8 Å². The molecule has 1 heterocycles. The monoisotopic (exact) mass is 320 g/mol. The molecular weight excluding hydrogens is 310 g/mol. The highest BCUT2D eigenvalue weighted by Gasteiger charge is 2.23. The summed E-state index contributed by atoms with van der Waals surface area (Å²) in [7, 11) is 1.85. The minimum atomic E-state index is -0.263. The van der Waals surface area contributed by atoms with Crippen molar-refractivity contribution in [1.29, 1.82) is 0 Å². The van der Waals surface area contributed by atoms with Crippen LogP contribution in [0.25, 0.3) is 0 Å². The Hall–Kier alpha value is -0.690. The van der Waals surface area contributed by atoms with Crippen LogP contribution in [0.2, 0.25) is 0 Å². The minimum Gasteiger partial charge on any atom is -0.293 e. The molecule has 1 aromatic carbocycles. The van der Waals surface area contributed by atoms with Gasteiger partial charge in [-0.15, -0.1) is 0 Å². The van der Waals surface area contributed by atoms with Gasteiger partial charge in [0.2, 0.25) is 5.91 Å². The Labute approximate surface area is 101 Å². The van der Waals surface area contributed by atoms with Gasteiger partial charge in [0.15, 0.2) is 0 Å². The highest BCUT2D eigenvalue weighted by atomic mass is 127. The quantitative estimate of drug-likeness (QED) is 0.539. The van der Waals surface area contributed by atoms with Crippen LogP contribution >= 0.6 is 22.9 Å². The van der Waals surface area contributed by atoms with Gasteiger partial charge in [-0.25, -0.2) is 4.39 Å². The maximum atomic E-state index is 13.1. The van der Waals surface area contributed by atoms with Gasteiger partial charge in [0.25, 0.3) is 0 Å². The van der Waals surface area contributed by atoms with E-state index in [1.807, 2.05) is 34.8 Å². The molecule has 15 heavy (non-hydrogen) atoms. The molecule has 1 aliphatic heterocycles. The van der Waals surface area contributed by atoms with Crippen molar-refractivity contribution in [3.63, 3.8) is 0 Å². The first-order valence-electron chi connectivity index (χ1n) is 4.53. The van der Waals surface area contributed by atoms with Gasteiger partial charge in [0, 0.05) is 6.54 Å². The lowest BCUT2D eigenvalue weighted by molar-refractivity contribution is -0.117. The largest absolute Gasteiger partial charge is 0.293 e. The zero-order chi connectivity index (χ0) is 11.0. The molecule has 0 radical (unpaired) electrons. The summed E-state index contributed by atoms with van der Waals surface area (Å²) in [5.74, 6) is -0.246. The summed E-state index contributed by atoms with van der Waals surface area (Å²) < 4.78 is 14.6. The summed E-state index contributed by atoms with van der Waals surface area (Å²) in [6.45, 7) is 0.956. The van der Waals surface area contributed by atoms with Crippen LogP contribution in [0.3, 0.4) is 0 Å². The van der Waals surface area contributed by atoms with Crippen LogP contribution in [0, 0.1) is 5.82 Å². The van der Waals surface area contributed by atoms with Crippen molar-refractivity contribution in [2.75, 3.05) is 16.7 Å². The zero-order valence-electron chi connectivity index (χ0n) is 8.20. The molecule has 0 bridgehead atoms. The molecule has 1 aromatic rings. The van der Waals surface area contributed by atoms with Crippen LogP contribution in [0.4, 0.5) is 10.1 Å². The van der Waals surface area contributed by atoms with E-state index >= 15 is 0 Å². The van der Waals surface area contributed by atoms with E-state index in [0.717, 1.165) is 11.3 Å². The van der Waals surface area contributed by atoms with E-state index in [2.05, 4.69) is 0 Å². The highest BCUT2D eigenvalue weighted by molar-refractivity contribution is 14.1. The Morgan fingerprint density at radius 1 is 1.40 bits per heavy atom. The Kier molecular flexibility index (Phi) is 2.92. The SMILES string of the molecule is CN1CC(=O)N(I)c2ccc(F)cc2C1. The molecule has 0 saturated heterocycles. The first-order valence-corrected chi connectivity index (χ1v) is 5.50. The minimum absolute atomic E-state index is 0.0171. The van der Waals surface area contributed by atoms with Gasteiger partial charge in [-0.1, -0.05) is 0 Å². The standard InChI is InChI=1S/C10H10FIN2O/c1-13-5-7-4-8(11)2-3-9(7)14(12)10(15)6-13/h2-4H,5-6H2,1H3. The number of halogens is 2. The molecule has 0 N–H and O–H groups in total. The molecule has 1 aliphatic rings. The van der Waals surface area contributed by atoms with E-state index in [4.69, 9.17) is 0 Å². The Morgan fingerprint density at radius 2 is 2.13 bits per heavy atom. The van der Waals surface area contributed by atoms with Gasteiger partial charge < -0.3 is 0 Å². The number of fused-ring (bicyclic) bond motifs is 1. The molecular formula is C10H10FIN2O. The van der Waals surface area contributed by atoms with Crippen molar-refractivity contribution in [3.8, 4) is 0 Å². The number of hydrogen-bond donors (Lipinski definition) is 0. The third-order valence-corrected chi connectivity index (χ3v) is 3.38. The number of amides is 1. The summed E-state index contributed by atoms with van der Waals surface area (Å²) >= 11 is 1.96. The van der Waals surface area contributed by atoms with Crippen LogP contribution in [-0.2, 0) is 11.3 Å². The number of hydrogen-bond acceptors (Lipinski definition) is 2. The Balaban J connectivity index is 2.49. The molecule has 80 valence electrons. The van der Waals surface area contributed by atoms with Crippen molar-refractivity contribution in [2.24, 2.45) is 0 Å². The molecule has 0 saturated carbocycles. The van der Waals surface area contributed by atoms with E-state index in [9.17, 15) is 9.18 Å². The van der Waals surface area contributed by atoms with Gasteiger partial charge in [-0.3, -0.25) is 12.8 Å². The molecule has 0 aromatic heterocycles. The fourth-order valence-electron chi connectivity index (χ4n) is 1.65. The topological polar surface area (TPSA) is 23.6 Å². The lowest BCUT2D eigenvalue weighted by Crippen LogP contribution is -2.29. The van der Waals surface area contributed by atoms with E-state index in [-0.39, 0.29) is 11.7 Å². The fraction of sp³-hybridized carbons (Fsp3) is 0.300. The van der Waals surface area contributed by atoms with Crippen LogP contribution in [0.5, 0.6) is 0 Å². The van der Waals surface area contributed by atoms with E-state index in [1.54, 1.807) is 9.18 Å². The predicted molar refractivity (Wildman–Crippen MR) is 64.2 cm³/mol. The van der Waals surface area contributed by atoms with Gasteiger partial charge in [0.05, 0.1) is 35.1 Å². The maximum absolute atomic E-state index is 13.1. The van der Waals surface area contributed by atoms with E-state index < -0.39 is 0 Å². The average Bonchev–Trinajstić information content (AvgIpc) is 2.25. The van der Waals surface area contributed by atoms with Gasteiger partial charge >= 0.3 is 0 Å². The van der Waals surface area contributed by atoms with Crippen molar-refractivity contribution in [3.05, 3.63) is 29.6 Å². The molecule has 0 fully saturated rings. The number of carbonyl (C=O) groups excluding carboxylic acids is 1. The first kappa shape index (κ1) is 10.8. The third-order valence-electron chi connectivity index (χ3n) is 2.32. The smallest absolute Gasteiger partial charge is 0.250 e. The zero-order valence-corrected chi connectivity index (χ0v) is 10.4.